The zero-order chi connectivity index (χ0) is 25.0. The summed E-state index contributed by atoms with van der Waals surface area (Å²) in [5.41, 5.74) is 1.53. The van der Waals surface area contributed by atoms with Crippen LogP contribution in [0.25, 0.3) is 11.3 Å². The molecule has 0 bridgehead atoms. The van der Waals surface area contributed by atoms with E-state index in [9.17, 15) is 18.0 Å². The number of ether oxygens (including phenoxy) is 2. The lowest BCUT2D eigenvalue weighted by Gasteiger charge is -2.26. The van der Waals surface area contributed by atoms with E-state index in [1.165, 1.54) is 27.8 Å². The molecule has 3 aromatic rings. The average molecular weight is 601 g/mol. The van der Waals surface area contributed by atoms with Crippen LogP contribution in [0.2, 0.25) is 5.02 Å². The van der Waals surface area contributed by atoms with Crippen LogP contribution in [0.15, 0.2) is 57.2 Å². The molecule has 184 valence electrons. The second-order valence-corrected chi connectivity index (χ2v) is 11.4. The second-order valence-electron chi connectivity index (χ2n) is 7.33. The maximum Gasteiger partial charge on any atom is 0.338 e. The van der Waals surface area contributed by atoms with Crippen LogP contribution in [0.4, 0.5) is 5.13 Å². The molecule has 4 rings (SSSR count). The highest BCUT2D eigenvalue weighted by atomic mass is 79.9. The molecule has 1 saturated heterocycles. The SMILES string of the molecule is O=C(COC(=O)c1ccc(Cl)c(S(=O)(=O)N2CCOCC2)c1)Nc1nc(-c2cccc(Br)c2)cs1. The Morgan fingerprint density at radius 3 is 2.71 bits per heavy atom. The standard InChI is InChI=1S/C22H19BrClN3O6S2/c23-16-3-1-2-14(10-16)18-13-34-22(25-18)26-20(28)12-33-21(29)15-4-5-17(24)19(11-15)35(30,31)27-6-8-32-9-7-27/h1-5,10-11,13H,6-9,12H2,(H,25,26,28). The fourth-order valence-corrected chi connectivity index (χ4v) is 6.28. The van der Waals surface area contributed by atoms with Crippen LogP contribution < -0.4 is 5.32 Å². The van der Waals surface area contributed by atoms with Crippen LogP contribution in [-0.4, -0.2) is 62.5 Å². The molecule has 0 aliphatic carbocycles. The Kier molecular flexibility index (Phi) is 8.19. The number of hydrogen-bond acceptors (Lipinski definition) is 8. The number of amides is 1. The lowest BCUT2D eigenvalue weighted by molar-refractivity contribution is -0.119. The normalized spacial score (nSPS) is 14.5. The Balaban J connectivity index is 1.38. The van der Waals surface area contributed by atoms with Gasteiger partial charge in [0.15, 0.2) is 11.7 Å². The van der Waals surface area contributed by atoms with Crippen molar-refractivity contribution in [1.29, 1.82) is 0 Å². The minimum Gasteiger partial charge on any atom is -0.452 e. The van der Waals surface area contributed by atoms with Gasteiger partial charge in [-0.1, -0.05) is 39.7 Å². The van der Waals surface area contributed by atoms with Crippen LogP contribution in [-0.2, 0) is 24.3 Å². The van der Waals surface area contributed by atoms with Gasteiger partial charge in [0.1, 0.15) is 4.90 Å². The molecule has 1 N–H and O–H groups in total. The summed E-state index contributed by atoms with van der Waals surface area (Å²) >= 11 is 10.8. The Morgan fingerprint density at radius 2 is 1.97 bits per heavy atom. The molecule has 0 atom stereocenters. The highest BCUT2D eigenvalue weighted by Crippen LogP contribution is 2.28. The molecule has 0 spiro atoms. The van der Waals surface area contributed by atoms with Crippen molar-refractivity contribution in [3.63, 3.8) is 0 Å². The van der Waals surface area contributed by atoms with Gasteiger partial charge in [-0.05, 0) is 30.3 Å². The number of esters is 1. The first-order chi connectivity index (χ1) is 16.7. The third-order valence-electron chi connectivity index (χ3n) is 4.96. The molecule has 1 aliphatic rings. The number of rotatable bonds is 7. The predicted octanol–water partition coefficient (Wildman–Crippen LogP) is 4.04. The lowest BCUT2D eigenvalue weighted by Crippen LogP contribution is -2.40. The third-order valence-corrected chi connectivity index (χ3v) is 8.59. The first-order valence-electron chi connectivity index (χ1n) is 10.3. The van der Waals surface area contributed by atoms with Gasteiger partial charge in [0.25, 0.3) is 5.91 Å². The summed E-state index contributed by atoms with van der Waals surface area (Å²) in [4.78, 5) is 28.9. The number of carbonyl (C=O) groups is 2. The maximum absolute atomic E-state index is 12.9. The van der Waals surface area contributed by atoms with E-state index in [1.54, 1.807) is 5.38 Å². The number of benzene rings is 2. The summed E-state index contributed by atoms with van der Waals surface area (Å²) < 4.78 is 38.3. The van der Waals surface area contributed by atoms with Gasteiger partial charge in [-0.25, -0.2) is 18.2 Å². The van der Waals surface area contributed by atoms with Crippen molar-refractivity contribution in [3.8, 4) is 11.3 Å². The van der Waals surface area contributed by atoms with Gasteiger partial charge in [0.05, 0.1) is 29.5 Å². The molecule has 35 heavy (non-hydrogen) atoms. The Bertz CT molecular complexity index is 1360. The van der Waals surface area contributed by atoms with Crippen molar-refractivity contribution < 1.29 is 27.5 Å². The fraction of sp³-hybridized carbons (Fsp3) is 0.227. The second kappa shape index (κ2) is 11.1. The van der Waals surface area contributed by atoms with Crippen LogP contribution in [0.5, 0.6) is 0 Å². The number of morpholine rings is 1. The number of thiazole rings is 1. The largest absolute Gasteiger partial charge is 0.452 e. The zero-order valence-electron chi connectivity index (χ0n) is 18.1. The van der Waals surface area contributed by atoms with Crippen LogP contribution in [0.3, 0.4) is 0 Å². The molecule has 1 amide bonds. The zero-order valence-corrected chi connectivity index (χ0v) is 22.0. The summed E-state index contributed by atoms with van der Waals surface area (Å²) in [6, 6.07) is 11.4. The van der Waals surface area contributed by atoms with Gasteiger partial charge in [0, 0.05) is 28.5 Å². The molecule has 1 aromatic heterocycles. The van der Waals surface area contributed by atoms with Crippen LogP contribution >= 0.6 is 38.9 Å². The molecule has 2 aromatic carbocycles. The molecule has 9 nitrogen and oxygen atoms in total. The van der Waals surface area contributed by atoms with Crippen molar-refractivity contribution in [2.75, 3.05) is 38.2 Å². The molecular weight excluding hydrogens is 582 g/mol. The number of carbonyl (C=O) groups excluding carboxylic acids is 2. The average Bonchev–Trinajstić information content (AvgIpc) is 3.31. The number of sulfonamides is 1. The molecule has 1 fully saturated rings. The number of nitrogens with one attached hydrogen (secondary N) is 1. The van der Waals surface area contributed by atoms with Gasteiger partial charge in [-0.2, -0.15) is 4.31 Å². The molecule has 1 aliphatic heterocycles. The van der Waals surface area contributed by atoms with E-state index in [1.807, 2.05) is 24.3 Å². The number of hydrogen-bond donors (Lipinski definition) is 1. The van der Waals surface area contributed by atoms with Gasteiger partial charge < -0.3 is 9.47 Å². The van der Waals surface area contributed by atoms with E-state index in [2.05, 4.69) is 26.2 Å². The monoisotopic (exact) mass is 599 g/mol. The summed E-state index contributed by atoms with van der Waals surface area (Å²) in [6.45, 7) is 0.355. The summed E-state index contributed by atoms with van der Waals surface area (Å²) in [6.07, 6.45) is 0. The Hall–Kier alpha value is -2.35. The number of halogens is 2. The Labute approximate surface area is 219 Å². The van der Waals surface area contributed by atoms with Crippen LogP contribution in [0.1, 0.15) is 10.4 Å². The van der Waals surface area contributed by atoms with Crippen molar-refractivity contribution >= 4 is 65.9 Å². The first-order valence-corrected chi connectivity index (χ1v) is 13.8. The van der Waals surface area contributed by atoms with Crippen molar-refractivity contribution in [2.45, 2.75) is 4.90 Å². The van der Waals surface area contributed by atoms with E-state index in [0.29, 0.717) is 10.8 Å². The highest BCUT2D eigenvalue weighted by molar-refractivity contribution is 9.10. The minimum atomic E-state index is -3.92. The molecule has 0 saturated carbocycles. The van der Waals surface area contributed by atoms with E-state index in [4.69, 9.17) is 21.1 Å². The maximum atomic E-state index is 12.9. The lowest BCUT2D eigenvalue weighted by atomic mass is 10.2. The summed E-state index contributed by atoms with van der Waals surface area (Å²) in [5.74, 6) is -1.44. The summed E-state index contributed by atoms with van der Waals surface area (Å²) in [5, 5.41) is 4.72. The van der Waals surface area contributed by atoms with E-state index in [0.717, 1.165) is 16.1 Å². The van der Waals surface area contributed by atoms with E-state index >= 15 is 0 Å². The predicted molar refractivity (Wildman–Crippen MR) is 135 cm³/mol. The number of nitrogens with zero attached hydrogens (tertiary/aromatic N) is 2. The van der Waals surface area contributed by atoms with Crippen LogP contribution in [0, 0.1) is 0 Å². The Morgan fingerprint density at radius 1 is 1.20 bits per heavy atom. The highest BCUT2D eigenvalue weighted by Gasteiger charge is 2.29. The van der Waals surface area contributed by atoms with Gasteiger partial charge >= 0.3 is 5.97 Å². The van der Waals surface area contributed by atoms with Gasteiger partial charge in [-0.3, -0.25) is 10.1 Å². The molecule has 0 unspecified atom stereocenters. The smallest absolute Gasteiger partial charge is 0.338 e. The minimum absolute atomic E-state index is 0.0178. The van der Waals surface area contributed by atoms with E-state index in [-0.39, 0.29) is 41.8 Å². The van der Waals surface area contributed by atoms with Crippen molar-refractivity contribution in [3.05, 3.63) is 62.9 Å². The molecule has 2 heterocycles. The van der Waals surface area contributed by atoms with Crippen molar-refractivity contribution in [1.82, 2.24) is 9.29 Å². The number of aromatic nitrogens is 1. The fourth-order valence-electron chi connectivity index (χ4n) is 3.24. The van der Waals surface area contributed by atoms with Gasteiger partial charge in [0.2, 0.25) is 10.0 Å². The topological polar surface area (TPSA) is 115 Å². The number of anilines is 1. The molecule has 13 heteroatoms. The summed E-state index contributed by atoms with van der Waals surface area (Å²) in [7, 11) is -3.92. The molecular formula is C22H19BrClN3O6S2. The first kappa shape index (κ1) is 25.7. The third kappa shape index (κ3) is 6.26. The van der Waals surface area contributed by atoms with Gasteiger partial charge in [-0.15, -0.1) is 11.3 Å². The van der Waals surface area contributed by atoms with E-state index < -0.39 is 28.5 Å². The van der Waals surface area contributed by atoms with Crippen molar-refractivity contribution in [2.24, 2.45) is 0 Å². The quantitative estimate of drug-likeness (QED) is 0.407. The molecule has 0 radical (unpaired) electrons.